The van der Waals surface area contributed by atoms with Crippen LogP contribution in [0.25, 0.3) is 11.3 Å². The van der Waals surface area contributed by atoms with E-state index < -0.39 is 0 Å². The van der Waals surface area contributed by atoms with Gasteiger partial charge in [-0.15, -0.1) is 0 Å². The maximum absolute atomic E-state index is 12.6. The van der Waals surface area contributed by atoms with Crippen LogP contribution in [-0.4, -0.2) is 57.2 Å². The first-order chi connectivity index (χ1) is 13.1. The molecule has 1 aromatic carbocycles. The van der Waals surface area contributed by atoms with Crippen molar-refractivity contribution in [2.45, 2.75) is 6.92 Å². The molecular weight excluding hydrogens is 344 g/mol. The molecule has 0 spiro atoms. The predicted octanol–water partition coefficient (Wildman–Crippen LogP) is 1.43. The van der Waals surface area contributed by atoms with E-state index in [0.29, 0.717) is 31.9 Å². The van der Waals surface area contributed by atoms with Crippen molar-refractivity contribution in [3.63, 3.8) is 0 Å². The number of aromatic amines is 2. The Bertz CT molecular complexity index is 1000. The van der Waals surface area contributed by atoms with Gasteiger partial charge in [0.2, 0.25) is 0 Å². The lowest BCUT2D eigenvalue weighted by Crippen LogP contribution is -2.49. The summed E-state index contributed by atoms with van der Waals surface area (Å²) in [4.78, 5) is 35.4. The molecule has 0 saturated carbocycles. The highest BCUT2D eigenvalue weighted by molar-refractivity contribution is 5.93. The number of amides is 1. The Hall–Kier alpha value is -3.42. The smallest absolute Gasteiger partial charge is 0.274 e. The Morgan fingerprint density at radius 2 is 1.85 bits per heavy atom. The number of hydrogen-bond acceptors (Lipinski definition) is 5. The highest BCUT2D eigenvalue weighted by Gasteiger charge is 2.26. The molecule has 0 radical (unpaired) electrons. The number of benzene rings is 1. The second-order valence-electron chi connectivity index (χ2n) is 6.49. The molecule has 8 heteroatoms. The Morgan fingerprint density at radius 3 is 2.52 bits per heavy atom. The molecule has 1 saturated heterocycles. The van der Waals surface area contributed by atoms with Crippen molar-refractivity contribution in [3.8, 4) is 11.3 Å². The lowest BCUT2D eigenvalue weighted by Gasteiger charge is -2.36. The van der Waals surface area contributed by atoms with Crippen molar-refractivity contribution in [3.05, 3.63) is 64.5 Å². The molecular formula is C19H20N6O2. The van der Waals surface area contributed by atoms with Gasteiger partial charge in [-0.3, -0.25) is 9.59 Å². The van der Waals surface area contributed by atoms with E-state index in [2.05, 4.69) is 25.1 Å². The number of piperazine rings is 1. The molecule has 0 atom stereocenters. The third kappa shape index (κ3) is 3.33. The molecule has 0 bridgehead atoms. The van der Waals surface area contributed by atoms with Gasteiger partial charge in [0.1, 0.15) is 11.4 Å². The number of H-pyrrole nitrogens is 2. The predicted molar refractivity (Wildman–Crippen MR) is 102 cm³/mol. The van der Waals surface area contributed by atoms with E-state index in [1.807, 2.05) is 37.3 Å². The lowest BCUT2D eigenvalue weighted by atomic mass is 10.1. The zero-order valence-corrected chi connectivity index (χ0v) is 15.0. The minimum Gasteiger partial charge on any atom is -0.366 e. The van der Waals surface area contributed by atoms with Crippen LogP contribution in [-0.2, 0) is 0 Å². The van der Waals surface area contributed by atoms with E-state index in [-0.39, 0.29) is 11.5 Å². The van der Waals surface area contributed by atoms with Crippen molar-refractivity contribution >= 4 is 11.6 Å². The van der Waals surface area contributed by atoms with Crippen molar-refractivity contribution in [1.29, 1.82) is 0 Å². The number of hydrogen-bond donors (Lipinski definition) is 2. The average molecular weight is 364 g/mol. The number of nitrogens with zero attached hydrogens (tertiary/aromatic N) is 4. The number of rotatable bonds is 3. The van der Waals surface area contributed by atoms with E-state index in [9.17, 15) is 9.59 Å². The standard InChI is InChI=1S/C19H20N6O2/c1-13-17(21-12-20-13)19(27)25-9-7-24(8-10-25)15-11-16(26)22-23-18(15)14-5-3-2-4-6-14/h2-6,11-12H,7-10H2,1H3,(H,20,21)(H,22,26). The van der Waals surface area contributed by atoms with Crippen molar-refractivity contribution in [1.82, 2.24) is 25.1 Å². The van der Waals surface area contributed by atoms with Crippen molar-refractivity contribution in [2.24, 2.45) is 0 Å². The molecule has 0 aliphatic carbocycles. The fraction of sp³-hybridized carbons (Fsp3) is 0.263. The molecule has 138 valence electrons. The van der Waals surface area contributed by atoms with Crippen molar-refractivity contribution in [2.75, 3.05) is 31.1 Å². The Balaban J connectivity index is 1.55. The van der Waals surface area contributed by atoms with Crippen LogP contribution in [0.3, 0.4) is 0 Å². The number of anilines is 1. The molecule has 1 aliphatic heterocycles. The maximum Gasteiger partial charge on any atom is 0.274 e. The largest absolute Gasteiger partial charge is 0.366 e. The lowest BCUT2D eigenvalue weighted by molar-refractivity contribution is 0.0740. The summed E-state index contributed by atoms with van der Waals surface area (Å²) in [5, 5.41) is 6.78. The average Bonchev–Trinajstić information content (AvgIpc) is 3.14. The highest BCUT2D eigenvalue weighted by Crippen LogP contribution is 2.27. The van der Waals surface area contributed by atoms with Gasteiger partial charge < -0.3 is 14.8 Å². The summed E-state index contributed by atoms with van der Waals surface area (Å²) in [7, 11) is 0. The van der Waals surface area contributed by atoms with Gasteiger partial charge in [-0.05, 0) is 6.92 Å². The van der Waals surface area contributed by atoms with Gasteiger partial charge in [-0.25, -0.2) is 10.1 Å². The molecule has 3 heterocycles. The Morgan fingerprint density at radius 1 is 1.11 bits per heavy atom. The Kier molecular flexibility index (Phi) is 4.45. The van der Waals surface area contributed by atoms with Gasteiger partial charge in [0.05, 0.1) is 12.0 Å². The zero-order chi connectivity index (χ0) is 18.8. The zero-order valence-electron chi connectivity index (χ0n) is 15.0. The first-order valence-corrected chi connectivity index (χ1v) is 8.83. The quantitative estimate of drug-likeness (QED) is 0.733. The number of carbonyl (C=O) groups excluding carboxylic acids is 1. The normalized spacial score (nSPS) is 14.4. The molecule has 3 aromatic rings. The summed E-state index contributed by atoms with van der Waals surface area (Å²) >= 11 is 0. The van der Waals surface area contributed by atoms with E-state index >= 15 is 0 Å². The first-order valence-electron chi connectivity index (χ1n) is 8.83. The summed E-state index contributed by atoms with van der Waals surface area (Å²) in [5.41, 5.74) is 3.45. The van der Waals surface area contributed by atoms with Gasteiger partial charge in [-0.1, -0.05) is 30.3 Å². The second-order valence-corrected chi connectivity index (χ2v) is 6.49. The van der Waals surface area contributed by atoms with Gasteiger partial charge in [0.15, 0.2) is 0 Å². The van der Waals surface area contributed by atoms with Crippen LogP contribution in [0, 0.1) is 6.92 Å². The summed E-state index contributed by atoms with van der Waals surface area (Å²) in [6, 6.07) is 11.3. The van der Waals surface area contributed by atoms with E-state index in [0.717, 1.165) is 22.6 Å². The van der Waals surface area contributed by atoms with Crippen molar-refractivity contribution < 1.29 is 4.79 Å². The SMILES string of the molecule is Cc1[nH]cnc1C(=O)N1CCN(c2cc(=O)[nH]nc2-c2ccccc2)CC1. The summed E-state index contributed by atoms with van der Waals surface area (Å²) in [5.74, 6) is -0.0688. The van der Waals surface area contributed by atoms with E-state index in [4.69, 9.17) is 0 Å². The van der Waals surface area contributed by atoms with Crippen LogP contribution >= 0.6 is 0 Å². The fourth-order valence-electron chi connectivity index (χ4n) is 3.32. The van der Waals surface area contributed by atoms with E-state index in [1.165, 1.54) is 6.33 Å². The first kappa shape index (κ1) is 17.0. The molecule has 0 unspecified atom stereocenters. The van der Waals surface area contributed by atoms with Gasteiger partial charge in [0, 0.05) is 43.5 Å². The maximum atomic E-state index is 12.6. The topological polar surface area (TPSA) is 98.0 Å². The fourth-order valence-corrected chi connectivity index (χ4v) is 3.32. The van der Waals surface area contributed by atoms with Crippen LogP contribution in [0.5, 0.6) is 0 Å². The third-order valence-corrected chi connectivity index (χ3v) is 4.78. The van der Waals surface area contributed by atoms with Gasteiger partial charge >= 0.3 is 0 Å². The number of imidazole rings is 1. The molecule has 1 amide bonds. The minimum absolute atomic E-state index is 0.0688. The molecule has 1 fully saturated rings. The minimum atomic E-state index is -0.240. The third-order valence-electron chi connectivity index (χ3n) is 4.78. The molecule has 1 aliphatic rings. The van der Waals surface area contributed by atoms with E-state index in [1.54, 1.807) is 11.0 Å². The molecule has 27 heavy (non-hydrogen) atoms. The van der Waals surface area contributed by atoms with Crippen LogP contribution < -0.4 is 10.5 Å². The Labute approximate surface area is 155 Å². The van der Waals surface area contributed by atoms with Crippen LogP contribution in [0.1, 0.15) is 16.2 Å². The number of carbonyl (C=O) groups is 1. The number of nitrogens with one attached hydrogen (secondary N) is 2. The number of aryl methyl sites for hydroxylation is 1. The number of aromatic nitrogens is 4. The van der Waals surface area contributed by atoms with Crippen LogP contribution in [0.15, 0.2) is 47.5 Å². The summed E-state index contributed by atoms with van der Waals surface area (Å²) < 4.78 is 0. The van der Waals surface area contributed by atoms with Gasteiger partial charge in [0.25, 0.3) is 11.5 Å². The highest BCUT2D eigenvalue weighted by atomic mass is 16.2. The summed E-state index contributed by atoms with van der Waals surface area (Å²) in [6.07, 6.45) is 1.53. The summed E-state index contributed by atoms with van der Waals surface area (Å²) in [6.45, 7) is 4.21. The molecule has 2 aromatic heterocycles. The van der Waals surface area contributed by atoms with Crippen LogP contribution in [0.2, 0.25) is 0 Å². The monoisotopic (exact) mass is 364 g/mol. The van der Waals surface area contributed by atoms with Crippen LogP contribution in [0.4, 0.5) is 5.69 Å². The molecule has 4 rings (SSSR count). The second kappa shape index (κ2) is 7.06. The molecule has 8 nitrogen and oxygen atoms in total. The molecule has 2 N–H and O–H groups in total. The van der Waals surface area contributed by atoms with Gasteiger partial charge in [-0.2, -0.15) is 5.10 Å².